The minimum Gasteiger partial charge on any atom is -0.120 e. The molecule has 1 aliphatic carbocycles. The zero-order valence-corrected chi connectivity index (χ0v) is 8.10. The Hall–Kier alpha value is 0.580. The Morgan fingerprint density at radius 2 is 1.00 bits per heavy atom. The number of hydrogen-bond acceptors (Lipinski definition) is 0. The van der Waals surface area contributed by atoms with Crippen molar-refractivity contribution in [1.82, 2.24) is 0 Å². The smallest absolute Gasteiger partial charge is 0.0420 e. The zero-order valence-electron chi connectivity index (χ0n) is 6.58. The maximum Gasteiger partial charge on any atom is 0.0420 e. The van der Waals surface area contributed by atoms with Crippen LogP contribution in [0.1, 0.15) is 39.5 Å². The van der Waals surface area contributed by atoms with Crippen LogP contribution in [-0.2, 0) is 0 Å². The normalized spacial score (nSPS) is 49.2. The van der Waals surface area contributed by atoms with Crippen LogP contribution in [0.3, 0.4) is 0 Å². The lowest BCUT2D eigenvalue weighted by Crippen LogP contribution is -2.31. The molecular formula is C8H14Cl2. The topological polar surface area (TPSA) is 0 Å². The van der Waals surface area contributed by atoms with Gasteiger partial charge in [0.2, 0.25) is 0 Å². The van der Waals surface area contributed by atoms with E-state index in [9.17, 15) is 0 Å². The van der Waals surface area contributed by atoms with Crippen LogP contribution >= 0.6 is 23.2 Å². The average Bonchev–Trinajstić information content (AvgIpc) is 1.79. The molecule has 0 amide bonds. The molecular weight excluding hydrogens is 167 g/mol. The second-order valence-corrected chi connectivity index (χ2v) is 5.65. The summed E-state index contributed by atoms with van der Waals surface area (Å²) in [6.45, 7) is 4.20. The van der Waals surface area contributed by atoms with Crippen molar-refractivity contribution < 1.29 is 0 Å². The van der Waals surface area contributed by atoms with Crippen LogP contribution in [-0.4, -0.2) is 9.75 Å². The molecule has 1 rings (SSSR count). The van der Waals surface area contributed by atoms with Crippen LogP contribution in [0.25, 0.3) is 0 Å². The Kier molecular flexibility index (Phi) is 2.23. The van der Waals surface area contributed by atoms with Gasteiger partial charge in [-0.05, 0) is 39.5 Å². The van der Waals surface area contributed by atoms with Gasteiger partial charge in [0, 0.05) is 9.75 Å². The van der Waals surface area contributed by atoms with E-state index in [1.807, 2.05) is 0 Å². The van der Waals surface area contributed by atoms with Gasteiger partial charge in [-0.2, -0.15) is 0 Å². The van der Waals surface area contributed by atoms with Crippen molar-refractivity contribution in [2.75, 3.05) is 0 Å². The molecule has 1 saturated carbocycles. The largest absolute Gasteiger partial charge is 0.120 e. The van der Waals surface area contributed by atoms with E-state index in [0.29, 0.717) is 0 Å². The molecule has 0 N–H and O–H groups in total. The predicted molar refractivity (Wildman–Crippen MR) is 47.0 cm³/mol. The number of halogens is 2. The Morgan fingerprint density at radius 1 is 0.800 bits per heavy atom. The second-order valence-electron chi connectivity index (χ2n) is 3.83. The summed E-state index contributed by atoms with van der Waals surface area (Å²) in [5, 5.41) is 0. The van der Waals surface area contributed by atoms with Crippen molar-refractivity contribution in [1.29, 1.82) is 0 Å². The Labute approximate surface area is 72.9 Å². The third-order valence-corrected chi connectivity index (χ3v) is 3.09. The maximum absolute atomic E-state index is 6.14. The first kappa shape index (κ1) is 8.67. The van der Waals surface area contributed by atoms with Crippen LogP contribution in [0, 0.1) is 0 Å². The van der Waals surface area contributed by atoms with E-state index >= 15 is 0 Å². The molecule has 1 fully saturated rings. The van der Waals surface area contributed by atoms with Crippen LogP contribution in [0.15, 0.2) is 0 Å². The number of alkyl halides is 2. The lowest BCUT2D eigenvalue weighted by atomic mass is 9.83. The van der Waals surface area contributed by atoms with Gasteiger partial charge in [0.05, 0.1) is 0 Å². The molecule has 60 valence electrons. The summed E-state index contributed by atoms with van der Waals surface area (Å²) in [6.07, 6.45) is 4.20. The summed E-state index contributed by atoms with van der Waals surface area (Å²) in [5.74, 6) is 0. The molecule has 2 heteroatoms. The SMILES string of the molecule is CC1(Cl)CCC(C)(Cl)CC1. The highest BCUT2D eigenvalue weighted by Gasteiger charge is 2.34. The van der Waals surface area contributed by atoms with Gasteiger partial charge in [0.15, 0.2) is 0 Å². The highest BCUT2D eigenvalue weighted by Crippen LogP contribution is 2.41. The highest BCUT2D eigenvalue weighted by molar-refractivity contribution is 6.25. The van der Waals surface area contributed by atoms with Crippen molar-refractivity contribution >= 4 is 23.2 Å². The van der Waals surface area contributed by atoms with Gasteiger partial charge in [0.25, 0.3) is 0 Å². The molecule has 0 atom stereocenters. The van der Waals surface area contributed by atoms with Crippen LogP contribution < -0.4 is 0 Å². The molecule has 0 aliphatic heterocycles. The molecule has 0 bridgehead atoms. The first-order valence-corrected chi connectivity index (χ1v) is 4.55. The van der Waals surface area contributed by atoms with Crippen molar-refractivity contribution in [2.24, 2.45) is 0 Å². The molecule has 0 heterocycles. The number of rotatable bonds is 0. The number of hydrogen-bond donors (Lipinski definition) is 0. The first-order chi connectivity index (χ1) is 4.41. The molecule has 0 aromatic heterocycles. The Bertz CT molecular complexity index is 99.2. The molecule has 10 heavy (non-hydrogen) atoms. The summed E-state index contributed by atoms with van der Waals surface area (Å²) in [7, 11) is 0. The van der Waals surface area contributed by atoms with Crippen molar-refractivity contribution in [2.45, 2.75) is 49.3 Å². The molecule has 1 aliphatic rings. The van der Waals surface area contributed by atoms with Crippen molar-refractivity contribution in [3.63, 3.8) is 0 Å². The summed E-state index contributed by atoms with van der Waals surface area (Å²) >= 11 is 12.3. The van der Waals surface area contributed by atoms with E-state index < -0.39 is 0 Å². The minimum atomic E-state index is 0.0222. The first-order valence-electron chi connectivity index (χ1n) is 3.79. The van der Waals surface area contributed by atoms with Gasteiger partial charge in [-0.25, -0.2) is 0 Å². The summed E-state index contributed by atoms with van der Waals surface area (Å²) in [5.41, 5.74) is 0. The second kappa shape index (κ2) is 2.57. The van der Waals surface area contributed by atoms with E-state index in [0.717, 1.165) is 25.7 Å². The highest BCUT2D eigenvalue weighted by atomic mass is 35.5. The standard InChI is InChI=1S/C8H14Cl2/c1-7(9)3-5-8(2,10)6-4-7/h3-6H2,1-2H3. The lowest BCUT2D eigenvalue weighted by molar-refractivity contribution is 0.351. The molecule has 0 aromatic rings. The Balaban J connectivity index is 2.46. The third kappa shape index (κ3) is 2.32. The van der Waals surface area contributed by atoms with Crippen molar-refractivity contribution in [3.05, 3.63) is 0 Å². The van der Waals surface area contributed by atoms with E-state index in [2.05, 4.69) is 13.8 Å². The van der Waals surface area contributed by atoms with Gasteiger partial charge < -0.3 is 0 Å². The fraction of sp³-hybridized carbons (Fsp3) is 1.00. The van der Waals surface area contributed by atoms with E-state index in [1.165, 1.54) is 0 Å². The predicted octanol–water partition coefficient (Wildman–Crippen LogP) is 3.56. The fourth-order valence-corrected chi connectivity index (χ4v) is 1.67. The van der Waals surface area contributed by atoms with Crippen LogP contribution in [0.4, 0.5) is 0 Å². The van der Waals surface area contributed by atoms with Crippen LogP contribution in [0.5, 0.6) is 0 Å². The zero-order chi connectivity index (χ0) is 7.83. The van der Waals surface area contributed by atoms with Crippen molar-refractivity contribution in [3.8, 4) is 0 Å². The van der Waals surface area contributed by atoms with E-state index in [4.69, 9.17) is 23.2 Å². The van der Waals surface area contributed by atoms with E-state index in [-0.39, 0.29) is 9.75 Å². The van der Waals surface area contributed by atoms with Gasteiger partial charge in [-0.3, -0.25) is 0 Å². The molecule has 0 spiro atoms. The lowest BCUT2D eigenvalue weighted by Gasteiger charge is -2.35. The van der Waals surface area contributed by atoms with Crippen LogP contribution in [0.2, 0.25) is 0 Å². The quantitative estimate of drug-likeness (QED) is 0.501. The fourth-order valence-electron chi connectivity index (χ4n) is 1.29. The van der Waals surface area contributed by atoms with E-state index in [1.54, 1.807) is 0 Å². The van der Waals surface area contributed by atoms with Gasteiger partial charge >= 0.3 is 0 Å². The molecule has 0 aromatic carbocycles. The van der Waals surface area contributed by atoms with Gasteiger partial charge in [-0.1, -0.05) is 0 Å². The van der Waals surface area contributed by atoms with Gasteiger partial charge in [0.1, 0.15) is 0 Å². The molecule has 0 unspecified atom stereocenters. The average molecular weight is 181 g/mol. The third-order valence-electron chi connectivity index (χ3n) is 2.34. The molecule has 0 radical (unpaired) electrons. The maximum atomic E-state index is 6.14. The minimum absolute atomic E-state index is 0.0222. The monoisotopic (exact) mass is 180 g/mol. The summed E-state index contributed by atoms with van der Waals surface area (Å²) in [4.78, 5) is 0.0444. The molecule has 0 saturated heterocycles. The Morgan fingerprint density at radius 3 is 1.20 bits per heavy atom. The summed E-state index contributed by atoms with van der Waals surface area (Å²) < 4.78 is 0. The summed E-state index contributed by atoms with van der Waals surface area (Å²) in [6, 6.07) is 0. The molecule has 0 nitrogen and oxygen atoms in total. The van der Waals surface area contributed by atoms with Gasteiger partial charge in [-0.15, -0.1) is 23.2 Å².